The van der Waals surface area contributed by atoms with Crippen molar-refractivity contribution in [3.05, 3.63) is 60.8 Å². The molecule has 0 rings (SSSR count). The lowest BCUT2D eigenvalue weighted by Gasteiger charge is -2.21. The molecule has 5 unspecified atom stereocenters. The first-order chi connectivity index (χ1) is 46.7. The van der Waals surface area contributed by atoms with Crippen molar-refractivity contribution in [1.82, 2.24) is 0 Å². The van der Waals surface area contributed by atoms with Gasteiger partial charge in [-0.1, -0.05) is 294 Å². The van der Waals surface area contributed by atoms with Gasteiger partial charge >= 0.3 is 39.5 Å². The molecule has 5 atom stereocenters. The highest BCUT2D eigenvalue weighted by molar-refractivity contribution is 7.47. The Morgan fingerprint density at radius 2 is 0.542 bits per heavy atom. The SMILES string of the molecule is CC/C=C\C/C=C\C/C=C\C/C=C\CCCCCCCCC(=O)OCC(COP(=O)(O)OCC(O)COP(=O)(O)OCC(COC(=O)CCCCCCC/C=C\CCCCCCCC)OC(=O)CCCCCCCCCCCCC)OC(=O)CCCCCCCCCCCCC. The molecule has 0 bridgehead atoms. The van der Waals surface area contributed by atoms with Crippen LogP contribution in [0.2, 0.25) is 0 Å². The molecule has 96 heavy (non-hydrogen) atoms. The van der Waals surface area contributed by atoms with Crippen molar-refractivity contribution in [3.8, 4) is 0 Å². The van der Waals surface area contributed by atoms with Gasteiger partial charge in [0.25, 0.3) is 0 Å². The van der Waals surface area contributed by atoms with Crippen LogP contribution in [0.1, 0.15) is 349 Å². The molecule has 0 saturated heterocycles. The Hall–Kier alpha value is -3.24. The van der Waals surface area contributed by atoms with E-state index in [1.54, 1.807) is 0 Å². The van der Waals surface area contributed by atoms with Gasteiger partial charge in [-0.05, 0) is 89.9 Å². The predicted octanol–water partition coefficient (Wildman–Crippen LogP) is 21.9. The van der Waals surface area contributed by atoms with Crippen molar-refractivity contribution in [2.45, 2.75) is 367 Å². The first-order valence-corrected chi connectivity index (χ1v) is 41.5. The second kappa shape index (κ2) is 70.2. The fraction of sp³-hybridized carbons (Fsp3) is 0.818. The molecule has 0 spiro atoms. The third kappa shape index (κ3) is 69.2. The second-order valence-corrected chi connectivity index (χ2v) is 28.8. The lowest BCUT2D eigenvalue weighted by atomic mass is 10.1. The van der Waals surface area contributed by atoms with Crippen LogP contribution in [0.15, 0.2) is 60.8 Å². The van der Waals surface area contributed by atoms with Crippen LogP contribution >= 0.6 is 15.6 Å². The number of allylic oxidation sites excluding steroid dienone is 10. The molecule has 0 aliphatic rings. The van der Waals surface area contributed by atoms with E-state index in [2.05, 4.69) is 88.5 Å². The van der Waals surface area contributed by atoms with Crippen LogP contribution in [0.3, 0.4) is 0 Å². The topological polar surface area (TPSA) is 237 Å². The van der Waals surface area contributed by atoms with Gasteiger partial charge in [-0.2, -0.15) is 0 Å². The lowest BCUT2D eigenvalue weighted by Crippen LogP contribution is -2.30. The van der Waals surface area contributed by atoms with Crippen molar-refractivity contribution < 1.29 is 80.2 Å². The van der Waals surface area contributed by atoms with Gasteiger partial charge in [0, 0.05) is 25.7 Å². The number of hydrogen-bond donors (Lipinski definition) is 3. The van der Waals surface area contributed by atoms with Crippen LogP contribution in [0, 0.1) is 0 Å². The summed E-state index contributed by atoms with van der Waals surface area (Å²) in [6.07, 6.45) is 67.8. The number of aliphatic hydroxyl groups excluding tert-OH is 1. The summed E-state index contributed by atoms with van der Waals surface area (Å²) < 4.78 is 68.4. The van der Waals surface area contributed by atoms with Gasteiger partial charge in [-0.15, -0.1) is 0 Å². The maximum absolute atomic E-state index is 13.1. The van der Waals surface area contributed by atoms with Crippen molar-refractivity contribution >= 4 is 39.5 Å². The molecular weight excluding hydrogens is 1260 g/mol. The molecule has 19 heteroatoms. The van der Waals surface area contributed by atoms with Gasteiger partial charge < -0.3 is 33.8 Å². The molecule has 3 N–H and O–H groups in total. The number of unbranched alkanes of at least 4 members (excludes halogenated alkanes) is 37. The number of carbonyl (C=O) groups excluding carboxylic acids is 4. The van der Waals surface area contributed by atoms with E-state index in [-0.39, 0.29) is 25.7 Å². The van der Waals surface area contributed by atoms with E-state index in [9.17, 15) is 43.2 Å². The van der Waals surface area contributed by atoms with E-state index in [0.29, 0.717) is 25.7 Å². The average molecular weight is 1400 g/mol. The van der Waals surface area contributed by atoms with Crippen LogP contribution < -0.4 is 0 Å². The largest absolute Gasteiger partial charge is 0.472 e. The Labute approximate surface area is 584 Å². The number of carbonyl (C=O) groups is 4. The number of esters is 4. The molecule has 17 nitrogen and oxygen atoms in total. The zero-order chi connectivity index (χ0) is 70.4. The number of phosphoric ester groups is 2. The zero-order valence-electron chi connectivity index (χ0n) is 61.1. The summed E-state index contributed by atoms with van der Waals surface area (Å²) in [4.78, 5) is 72.7. The highest BCUT2D eigenvalue weighted by atomic mass is 31.2. The van der Waals surface area contributed by atoms with E-state index in [0.717, 1.165) is 154 Å². The lowest BCUT2D eigenvalue weighted by molar-refractivity contribution is -0.161. The third-order valence-corrected chi connectivity index (χ3v) is 18.4. The Kier molecular flexibility index (Phi) is 67.8. The zero-order valence-corrected chi connectivity index (χ0v) is 62.8. The normalized spacial score (nSPS) is 14.3. The monoisotopic (exact) mass is 1400 g/mol. The van der Waals surface area contributed by atoms with Crippen molar-refractivity contribution in [2.75, 3.05) is 39.6 Å². The fourth-order valence-electron chi connectivity index (χ4n) is 10.6. The van der Waals surface area contributed by atoms with Crippen LogP contribution in [0.4, 0.5) is 0 Å². The average Bonchev–Trinajstić information content (AvgIpc) is 1.15. The number of hydrogen-bond acceptors (Lipinski definition) is 15. The summed E-state index contributed by atoms with van der Waals surface area (Å²) in [5, 5.41) is 10.6. The maximum atomic E-state index is 13.1. The van der Waals surface area contributed by atoms with E-state index in [1.807, 2.05) is 0 Å². The molecule has 0 radical (unpaired) electrons. The first-order valence-electron chi connectivity index (χ1n) is 38.5. The smallest absolute Gasteiger partial charge is 0.462 e. The molecule has 0 aromatic heterocycles. The van der Waals surface area contributed by atoms with Gasteiger partial charge in [0.15, 0.2) is 12.2 Å². The summed E-state index contributed by atoms with van der Waals surface area (Å²) in [5.41, 5.74) is 0. The molecule has 0 aromatic rings. The predicted molar refractivity (Wildman–Crippen MR) is 390 cm³/mol. The van der Waals surface area contributed by atoms with Gasteiger partial charge in [0.2, 0.25) is 0 Å². The van der Waals surface area contributed by atoms with Crippen molar-refractivity contribution in [1.29, 1.82) is 0 Å². The van der Waals surface area contributed by atoms with Crippen LogP contribution in [0.25, 0.3) is 0 Å². The van der Waals surface area contributed by atoms with E-state index < -0.39 is 97.5 Å². The van der Waals surface area contributed by atoms with E-state index in [1.165, 1.54) is 116 Å². The molecule has 0 fully saturated rings. The molecule has 0 amide bonds. The van der Waals surface area contributed by atoms with Crippen molar-refractivity contribution in [2.24, 2.45) is 0 Å². The first kappa shape index (κ1) is 92.8. The summed E-state index contributed by atoms with van der Waals surface area (Å²) in [7, 11) is -9.93. The minimum atomic E-state index is -4.97. The number of aliphatic hydroxyl groups is 1. The van der Waals surface area contributed by atoms with Crippen LogP contribution in [-0.2, 0) is 65.4 Å². The molecule has 0 aliphatic heterocycles. The van der Waals surface area contributed by atoms with Gasteiger partial charge in [-0.3, -0.25) is 37.3 Å². The third-order valence-electron chi connectivity index (χ3n) is 16.5. The quantitative estimate of drug-likeness (QED) is 0.0169. The number of rotatable bonds is 73. The summed E-state index contributed by atoms with van der Waals surface area (Å²) in [5.74, 6) is -2.17. The summed E-state index contributed by atoms with van der Waals surface area (Å²) >= 11 is 0. The molecule has 0 heterocycles. The van der Waals surface area contributed by atoms with Gasteiger partial charge in [0.1, 0.15) is 19.3 Å². The van der Waals surface area contributed by atoms with Crippen LogP contribution in [-0.4, -0.2) is 96.7 Å². The molecule has 560 valence electrons. The Balaban J connectivity index is 5.26. The van der Waals surface area contributed by atoms with Crippen molar-refractivity contribution in [3.63, 3.8) is 0 Å². The van der Waals surface area contributed by atoms with E-state index >= 15 is 0 Å². The number of ether oxygens (including phenoxy) is 4. The van der Waals surface area contributed by atoms with Crippen LogP contribution in [0.5, 0.6) is 0 Å². The highest BCUT2D eigenvalue weighted by Crippen LogP contribution is 2.45. The van der Waals surface area contributed by atoms with E-state index in [4.69, 9.17) is 37.0 Å². The Morgan fingerprint density at radius 1 is 0.302 bits per heavy atom. The summed E-state index contributed by atoms with van der Waals surface area (Å²) in [6.45, 7) is 4.77. The molecule has 0 aromatic carbocycles. The minimum Gasteiger partial charge on any atom is -0.462 e. The molecule has 0 saturated carbocycles. The molecular formula is C77H140O17P2. The Morgan fingerprint density at radius 3 is 0.844 bits per heavy atom. The van der Waals surface area contributed by atoms with Gasteiger partial charge in [-0.25, -0.2) is 9.13 Å². The highest BCUT2D eigenvalue weighted by Gasteiger charge is 2.30. The Bertz CT molecular complexity index is 2060. The second-order valence-electron chi connectivity index (χ2n) is 25.9. The number of phosphoric acid groups is 2. The summed E-state index contributed by atoms with van der Waals surface area (Å²) in [6, 6.07) is 0. The molecule has 0 aliphatic carbocycles. The maximum Gasteiger partial charge on any atom is 0.472 e. The fourth-order valence-corrected chi connectivity index (χ4v) is 12.2. The van der Waals surface area contributed by atoms with Gasteiger partial charge in [0.05, 0.1) is 26.4 Å². The minimum absolute atomic E-state index is 0.0970. The standard InChI is InChI=1S/C77H140O17P2/c1-5-9-13-17-21-25-29-31-33-34-35-36-38-40-44-46-50-54-58-62-75(80)88-68-73(94-77(82)64-60-56-52-48-42-28-24-20-16-12-8-4)70-92-96(85,86)90-66-71(78)65-89-95(83,84)91-69-72(93-76(81)63-59-55-51-47-41-27-23-19-15-11-7-3)67-87-74(79)61-57-53-49-45-43-39-37-32-30-26-22-18-14-10-6-2/h9,13,21,25,31-33,35-37,71-73,78H,5-8,10-12,14-20,22-24,26-30,34,38-70H2,1-4H3,(H,83,84)(H,85,86)/b13-9-,25-21-,33-31-,36-35-,37-32-.